The fourth-order valence-electron chi connectivity index (χ4n) is 3.44. The molecule has 5 rings (SSSR count). The quantitative estimate of drug-likeness (QED) is 0.392. The molecule has 0 amide bonds. The highest BCUT2D eigenvalue weighted by Crippen LogP contribution is 2.32. The molecule has 0 unspecified atom stereocenters. The molecule has 5 heterocycles. The molecular formula is C16H13N4+. The summed E-state index contributed by atoms with van der Waals surface area (Å²) in [6.45, 7) is 0.907. The lowest BCUT2D eigenvalue weighted by atomic mass is 10.2. The van der Waals surface area contributed by atoms with E-state index in [0.29, 0.717) is 0 Å². The summed E-state index contributed by atoms with van der Waals surface area (Å²) in [4.78, 5) is 4.25. The summed E-state index contributed by atoms with van der Waals surface area (Å²) in [6, 6.07) is 8.45. The monoisotopic (exact) mass is 261 g/mol. The molecule has 1 aliphatic heterocycles. The topological polar surface area (TPSA) is 26.1 Å². The summed E-state index contributed by atoms with van der Waals surface area (Å²) in [7, 11) is 2.14. The van der Waals surface area contributed by atoms with Crippen LogP contribution in [0.5, 0.6) is 0 Å². The number of aryl methyl sites for hydroxylation is 1. The molecule has 0 saturated heterocycles. The van der Waals surface area contributed by atoms with Gasteiger partial charge in [-0.2, -0.15) is 0 Å². The van der Waals surface area contributed by atoms with E-state index in [4.69, 9.17) is 0 Å². The number of hydrogen-bond acceptors (Lipinski definition) is 1. The van der Waals surface area contributed by atoms with Crippen LogP contribution in [0.4, 0.5) is 0 Å². The molecule has 4 heteroatoms. The van der Waals surface area contributed by atoms with E-state index in [2.05, 4.69) is 62.2 Å². The lowest BCUT2D eigenvalue weighted by Gasteiger charge is -1.94. The van der Waals surface area contributed by atoms with E-state index in [9.17, 15) is 0 Å². The minimum absolute atomic E-state index is 0.907. The van der Waals surface area contributed by atoms with E-state index >= 15 is 0 Å². The fourth-order valence-corrected chi connectivity index (χ4v) is 3.44. The molecule has 1 aliphatic rings. The van der Waals surface area contributed by atoms with Crippen LogP contribution in [-0.4, -0.2) is 14.0 Å². The van der Waals surface area contributed by atoms with Gasteiger partial charge in [-0.3, -0.25) is 4.98 Å². The molecule has 0 spiro atoms. The van der Waals surface area contributed by atoms with Gasteiger partial charge in [-0.05, 0) is 18.2 Å². The van der Waals surface area contributed by atoms with Crippen LogP contribution in [0.3, 0.4) is 0 Å². The molecule has 0 atom stereocenters. The molecule has 96 valence electrons. The van der Waals surface area contributed by atoms with Crippen LogP contribution in [0.1, 0.15) is 5.56 Å². The Kier molecular flexibility index (Phi) is 1.67. The highest BCUT2D eigenvalue weighted by Gasteiger charge is 2.34. The minimum Gasteiger partial charge on any atom is -0.316 e. The predicted molar refractivity (Wildman–Crippen MR) is 76.4 cm³/mol. The third-order valence-electron chi connectivity index (χ3n) is 4.31. The highest BCUT2D eigenvalue weighted by molar-refractivity contribution is 5.91. The Hall–Kier alpha value is -2.62. The Balaban J connectivity index is 1.99. The number of nitrogens with zero attached hydrogens (tertiary/aromatic N) is 4. The van der Waals surface area contributed by atoms with Crippen LogP contribution in [-0.2, 0) is 13.6 Å². The van der Waals surface area contributed by atoms with Crippen molar-refractivity contribution in [2.75, 3.05) is 0 Å². The van der Waals surface area contributed by atoms with Gasteiger partial charge in [0.15, 0.2) is 5.52 Å². The molecule has 0 aromatic carbocycles. The van der Waals surface area contributed by atoms with E-state index in [-0.39, 0.29) is 0 Å². The maximum Gasteiger partial charge on any atom is 0.290 e. The van der Waals surface area contributed by atoms with Gasteiger partial charge in [0, 0.05) is 24.2 Å². The molecule has 4 aromatic heterocycles. The van der Waals surface area contributed by atoms with Crippen LogP contribution in [0, 0.1) is 0 Å². The fraction of sp³-hybridized carbons (Fsp3) is 0.125. The Labute approximate surface area is 115 Å². The second kappa shape index (κ2) is 3.28. The highest BCUT2D eigenvalue weighted by atomic mass is 15.2. The van der Waals surface area contributed by atoms with Gasteiger partial charge < -0.3 is 4.40 Å². The van der Waals surface area contributed by atoms with E-state index in [1.54, 1.807) is 0 Å². The maximum absolute atomic E-state index is 4.25. The molecule has 20 heavy (non-hydrogen) atoms. The van der Waals surface area contributed by atoms with Crippen LogP contribution in [0.2, 0.25) is 0 Å². The third kappa shape index (κ3) is 1.04. The Bertz CT molecular complexity index is 990. The molecule has 0 bridgehead atoms. The van der Waals surface area contributed by atoms with E-state index in [1.807, 2.05) is 12.4 Å². The number of aromatic nitrogens is 4. The van der Waals surface area contributed by atoms with Gasteiger partial charge in [-0.15, -0.1) is 0 Å². The van der Waals surface area contributed by atoms with Gasteiger partial charge in [0.25, 0.3) is 5.82 Å². The molecular weight excluding hydrogens is 248 g/mol. The molecule has 0 saturated carbocycles. The second-order valence-corrected chi connectivity index (χ2v) is 5.36. The van der Waals surface area contributed by atoms with Gasteiger partial charge in [-0.1, -0.05) is 6.07 Å². The molecule has 4 nitrogen and oxygen atoms in total. The van der Waals surface area contributed by atoms with Crippen molar-refractivity contribution in [3.63, 3.8) is 0 Å². The molecule has 0 fully saturated rings. The molecule has 0 N–H and O–H groups in total. The van der Waals surface area contributed by atoms with Gasteiger partial charge in [0.2, 0.25) is 5.52 Å². The average molecular weight is 261 g/mol. The summed E-state index contributed by atoms with van der Waals surface area (Å²) in [6.07, 6.45) is 8.16. The van der Waals surface area contributed by atoms with Crippen LogP contribution in [0.25, 0.3) is 27.9 Å². The van der Waals surface area contributed by atoms with E-state index in [1.165, 1.54) is 33.5 Å². The smallest absolute Gasteiger partial charge is 0.290 e. The predicted octanol–water partition coefficient (Wildman–Crippen LogP) is 2.14. The zero-order valence-electron chi connectivity index (χ0n) is 11.1. The normalized spacial score (nSPS) is 13.1. The second-order valence-electron chi connectivity index (χ2n) is 5.36. The summed E-state index contributed by atoms with van der Waals surface area (Å²) in [5.41, 5.74) is 6.43. The van der Waals surface area contributed by atoms with Crippen molar-refractivity contribution < 1.29 is 4.57 Å². The maximum atomic E-state index is 4.25. The Morgan fingerprint density at radius 3 is 3.10 bits per heavy atom. The summed E-state index contributed by atoms with van der Waals surface area (Å²) < 4.78 is 6.88. The van der Waals surface area contributed by atoms with Crippen molar-refractivity contribution in [1.29, 1.82) is 0 Å². The molecule has 0 radical (unpaired) electrons. The molecule has 0 aliphatic carbocycles. The van der Waals surface area contributed by atoms with Gasteiger partial charge >= 0.3 is 0 Å². The standard InChI is InChI=1S/C16H13N4/c1-18-14-10-19-7-3-2-4-13(19)15(14)20-9-11-8-17-6-5-12(11)16(18)20/h2-8,10H,9H2,1H3/q+1. The van der Waals surface area contributed by atoms with Gasteiger partial charge in [0.05, 0.1) is 24.3 Å². The number of fused-ring (bicyclic) bond motifs is 7. The van der Waals surface area contributed by atoms with Crippen molar-refractivity contribution in [1.82, 2.24) is 14.0 Å². The van der Waals surface area contributed by atoms with Crippen molar-refractivity contribution in [3.05, 3.63) is 54.6 Å². The largest absolute Gasteiger partial charge is 0.316 e. The Morgan fingerprint density at radius 1 is 1.20 bits per heavy atom. The van der Waals surface area contributed by atoms with Crippen LogP contribution < -0.4 is 4.57 Å². The van der Waals surface area contributed by atoms with Crippen molar-refractivity contribution in [3.8, 4) is 11.4 Å². The van der Waals surface area contributed by atoms with Gasteiger partial charge in [-0.25, -0.2) is 9.13 Å². The SMILES string of the molecule is Cn1c2[n+](c3c1cn1ccccc31)Cc1cnccc1-2. The first kappa shape index (κ1) is 10.2. The first-order valence-electron chi connectivity index (χ1n) is 6.76. The van der Waals surface area contributed by atoms with Crippen molar-refractivity contribution >= 4 is 16.6 Å². The van der Waals surface area contributed by atoms with Crippen molar-refractivity contribution in [2.24, 2.45) is 7.05 Å². The zero-order valence-corrected chi connectivity index (χ0v) is 11.1. The summed E-state index contributed by atoms with van der Waals surface area (Å²) in [5.74, 6) is 1.28. The van der Waals surface area contributed by atoms with Crippen LogP contribution in [0.15, 0.2) is 49.1 Å². The lowest BCUT2D eigenvalue weighted by Crippen LogP contribution is -2.31. The summed E-state index contributed by atoms with van der Waals surface area (Å²) in [5, 5.41) is 0. The number of hydrogen-bond donors (Lipinski definition) is 0. The lowest BCUT2D eigenvalue weighted by molar-refractivity contribution is -0.645. The van der Waals surface area contributed by atoms with Crippen molar-refractivity contribution in [2.45, 2.75) is 6.54 Å². The number of imidazole rings is 1. The average Bonchev–Trinajstić information content (AvgIpc) is 3.10. The number of rotatable bonds is 0. The number of pyridine rings is 2. The summed E-state index contributed by atoms with van der Waals surface area (Å²) >= 11 is 0. The third-order valence-corrected chi connectivity index (χ3v) is 4.31. The van der Waals surface area contributed by atoms with Gasteiger partial charge in [0.1, 0.15) is 6.54 Å². The minimum atomic E-state index is 0.907. The van der Waals surface area contributed by atoms with Crippen LogP contribution >= 0.6 is 0 Å². The van der Waals surface area contributed by atoms with E-state index < -0.39 is 0 Å². The van der Waals surface area contributed by atoms with E-state index in [0.717, 1.165) is 6.54 Å². The zero-order chi connectivity index (χ0) is 13.3. The first-order valence-corrected chi connectivity index (χ1v) is 6.76. The first-order chi connectivity index (χ1) is 9.84. The molecule has 4 aromatic rings. The Morgan fingerprint density at radius 2 is 2.15 bits per heavy atom.